The van der Waals surface area contributed by atoms with E-state index < -0.39 is 0 Å². The van der Waals surface area contributed by atoms with Crippen molar-refractivity contribution in [2.24, 2.45) is 11.8 Å². The highest BCUT2D eigenvalue weighted by Gasteiger charge is 2.44. The van der Waals surface area contributed by atoms with E-state index >= 15 is 0 Å². The van der Waals surface area contributed by atoms with E-state index in [1.54, 1.807) is 0 Å². The fourth-order valence-electron chi connectivity index (χ4n) is 2.80. The van der Waals surface area contributed by atoms with Gasteiger partial charge in [-0.1, -0.05) is 0 Å². The molecule has 4 heteroatoms. The highest BCUT2D eigenvalue weighted by Crippen LogP contribution is 2.38. The summed E-state index contributed by atoms with van der Waals surface area (Å²) in [6.07, 6.45) is 5.11. The van der Waals surface area contributed by atoms with Crippen LogP contribution in [-0.2, 0) is 9.59 Å². The lowest BCUT2D eigenvalue weighted by Gasteiger charge is -2.30. The average Bonchev–Trinajstić information content (AvgIpc) is 3.17. The van der Waals surface area contributed by atoms with Gasteiger partial charge in [-0.05, 0) is 44.4 Å². The normalized spacial score (nSPS) is 32.1. The molecule has 2 aliphatic carbocycles. The van der Waals surface area contributed by atoms with E-state index in [4.69, 9.17) is 0 Å². The molecule has 3 fully saturated rings. The van der Waals surface area contributed by atoms with Gasteiger partial charge in [-0.15, -0.1) is 0 Å². The number of nitrogens with one attached hydrogen (secondary N) is 1. The quantitative estimate of drug-likeness (QED) is 0.792. The van der Waals surface area contributed by atoms with Crippen LogP contribution in [0.2, 0.25) is 0 Å². The Bertz CT molecular complexity index is 347. The molecule has 0 spiro atoms. The first kappa shape index (κ1) is 11.1. The Hall–Kier alpha value is -1.06. The van der Waals surface area contributed by atoms with Gasteiger partial charge in [0, 0.05) is 19.0 Å². The minimum atomic E-state index is -0.230. The van der Waals surface area contributed by atoms with Gasteiger partial charge in [0.2, 0.25) is 11.8 Å². The molecule has 0 radical (unpaired) electrons. The zero-order valence-electron chi connectivity index (χ0n) is 10.3. The van der Waals surface area contributed by atoms with Crippen LogP contribution < -0.4 is 5.32 Å². The molecule has 1 aliphatic heterocycles. The van der Waals surface area contributed by atoms with Gasteiger partial charge in [-0.2, -0.15) is 0 Å². The zero-order valence-corrected chi connectivity index (χ0v) is 10.3. The molecule has 17 heavy (non-hydrogen) atoms. The second kappa shape index (κ2) is 4.00. The summed E-state index contributed by atoms with van der Waals surface area (Å²) in [7, 11) is 0. The van der Waals surface area contributed by atoms with Crippen LogP contribution in [-0.4, -0.2) is 35.3 Å². The van der Waals surface area contributed by atoms with E-state index in [1.807, 2.05) is 4.90 Å². The second-order valence-corrected chi connectivity index (χ2v) is 5.74. The van der Waals surface area contributed by atoms with E-state index in [0.29, 0.717) is 30.8 Å². The van der Waals surface area contributed by atoms with Gasteiger partial charge < -0.3 is 10.2 Å². The van der Waals surface area contributed by atoms with Crippen LogP contribution in [0.5, 0.6) is 0 Å². The van der Waals surface area contributed by atoms with Crippen LogP contribution in [0.25, 0.3) is 0 Å². The number of amides is 2. The molecule has 0 aromatic heterocycles. The first-order valence-electron chi connectivity index (χ1n) is 6.76. The van der Waals surface area contributed by atoms with Crippen molar-refractivity contribution in [2.75, 3.05) is 6.54 Å². The molecule has 0 aromatic carbocycles. The lowest BCUT2D eigenvalue weighted by Crippen LogP contribution is -2.49. The molecule has 4 nitrogen and oxygen atoms in total. The van der Waals surface area contributed by atoms with Gasteiger partial charge in [0.25, 0.3) is 0 Å². The van der Waals surface area contributed by atoms with Crippen LogP contribution in [0, 0.1) is 11.8 Å². The number of carbonyl (C=O) groups is 2. The Balaban J connectivity index is 1.76. The van der Waals surface area contributed by atoms with Crippen LogP contribution in [0.1, 0.15) is 39.0 Å². The van der Waals surface area contributed by atoms with Crippen LogP contribution in [0.15, 0.2) is 0 Å². The summed E-state index contributed by atoms with van der Waals surface area (Å²) in [4.78, 5) is 26.0. The standard InChI is InChI=1S/C13H20N2O2/c1-8(9-2-3-9)15-7-6-11(16)14-12(13(15)17)10-4-5-10/h8-10,12H,2-7H2,1H3,(H,14,16). The summed E-state index contributed by atoms with van der Waals surface area (Å²) >= 11 is 0. The Morgan fingerprint density at radius 1 is 1.24 bits per heavy atom. The van der Waals surface area contributed by atoms with Crippen molar-refractivity contribution in [3.8, 4) is 0 Å². The predicted octanol–water partition coefficient (Wildman–Crippen LogP) is 0.912. The largest absolute Gasteiger partial charge is 0.344 e. The summed E-state index contributed by atoms with van der Waals surface area (Å²) in [6, 6.07) is 0.0858. The minimum absolute atomic E-state index is 0.0424. The molecule has 1 heterocycles. The molecule has 2 atom stereocenters. The van der Waals surface area contributed by atoms with E-state index in [1.165, 1.54) is 12.8 Å². The maximum atomic E-state index is 12.5. The first-order chi connectivity index (χ1) is 8.16. The van der Waals surface area contributed by atoms with E-state index in [-0.39, 0.29) is 17.9 Å². The molecule has 94 valence electrons. The Morgan fingerprint density at radius 2 is 1.94 bits per heavy atom. The number of rotatable bonds is 3. The van der Waals surface area contributed by atoms with Crippen molar-refractivity contribution in [1.82, 2.24) is 10.2 Å². The monoisotopic (exact) mass is 236 g/mol. The second-order valence-electron chi connectivity index (χ2n) is 5.74. The van der Waals surface area contributed by atoms with Gasteiger partial charge in [-0.3, -0.25) is 9.59 Å². The summed E-state index contributed by atoms with van der Waals surface area (Å²) in [6.45, 7) is 2.74. The third-order valence-electron chi connectivity index (χ3n) is 4.33. The fourth-order valence-corrected chi connectivity index (χ4v) is 2.80. The van der Waals surface area contributed by atoms with Crippen molar-refractivity contribution >= 4 is 11.8 Å². The number of nitrogens with zero attached hydrogens (tertiary/aromatic N) is 1. The first-order valence-corrected chi connectivity index (χ1v) is 6.76. The smallest absolute Gasteiger partial charge is 0.245 e. The molecule has 3 aliphatic rings. The molecule has 2 amide bonds. The van der Waals surface area contributed by atoms with Gasteiger partial charge in [0.15, 0.2) is 0 Å². The Kier molecular flexibility index (Phi) is 2.60. The molecule has 0 aromatic rings. The van der Waals surface area contributed by atoms with Crippen LogP contribution in [0.4, 0.5) is 0 Å². The predicted molar refractivity (Wildman–Crippen MR) is 63.2 cm³/mol. The van der Waals surface area contributed by atoms with E-state index in [9.17, 15) is 9.59 Å². The van der Waals surface area contributed by atoms with Crippen LogP contribution >= 0.6 is 0 Å². The van der Waals surface area contributed by atoms with Gasteiger partial charge in [0.05, 0.1) is 0 Å². The summed E-state index contributed by atoms with van der Waals surface area (Å²) < 4.78 is 0. The Labute approximate surface area is 102 Å². The van der Waals surface area contributed by atoms with Crippen molar-refractivity contribution in [2.45, 2.75) is 51.1 Å². The molecular weight excluding hydrogens is 216 g/mol. The van der Waals surface area contributed by atoms with Crippen molar-refractivity contribution in [3.63, 3.8) is 0 Å². The maximum Gasteiger partial charge on any atom is 0.245 e. The van der Waals surface area contributed by atoms with Gasteiger partial charge in [-0.25, -0.2) is 0 Å². The van der Waals surface area contributed by atoms with Crippen LogP contribution in [0.3, 0.4) is 0 Å². The lowest BCUT2D eigenvalue weighted by atomic mass is 10.1. The fraction of sp³-hybridized carbons (Fsp3) is 0.846. The molecule has 3 rings (SSSR count). The summed E-state index contributed by atoms with van der Waals surface area (Å²) in [5.74, 6) is 1.28. The summed E-state index contributed by atoms with van der Waals surface area (Å²) in [5, 5.41) is 2.90. The third-order valence-corrected chi connectivity index (χ3v) is 4.33. The van der Waals surface area contributed by atoms with Gasteiger partial charge >= 0.3 is 0 Å². The van der Waals surface area contributed by atoms with Crippen molar-refractivity contribution in [1.29, 1.82) is 0 Å². The third kappa shape index (κ3) is 2.17. The van der Waals surface area contributed by atoms with Crippen molar-refractivity contribution in [3.05, 3.63) is 0 Å². The molecule has 0 bridgehead atoms. The maximum absolute atomic E-state index is 12.5. The molecule has 1 N–H and O–H groups in total. The molecule has 2 unspecified atom stereocenters. The van der Waals surface area contributed by atoms with Gasteiger partial charge in [0.1, 0.15) is 6.04 Å². The van der Waals surface area contributed by atoms with E-state index in [2.05, 4.69) is 12.2 Å². The highest BCUT2D eigenvalue weighted by atomic mass is 16.2. The summed E-state index contributed by atoms with van der Waals surface area (Å²) in [5.41, 5.74) is 0. The SMILES string of the molecule is CC(C1CC1)N1CCC(=O)NC(C2CC2)C1=O. The van der Waals surface area contributed by atoms with Crippen molar-refractivity contribution < 1.29 is 9.59 Å². The molecule has 2 saturated carbocycles. The molecular formula is C13H20N2O2. The average molecular weight is 236 g/mol. The number of hydrogen-bond donors (Lipinski definition) is 1. The zero-order chi connectivity index (χ0) is 12.0. The Morgan fingerprint density at radius 3 is 2.53 bits per heavy atom. The number of hydrogen-bond acceptors (Lipinski definition) is 2. The number of carbonyl (C=O) groups excluding carboxylic acids is 2. The molecule has 1 saturated heterocycles. The van der Waals surface area contributed by atoms with E-state index in [0.717, 1.165) is 12.8 Å². The topological polar surface area (TPSA) is 49.4 Å². The lowest BCUT2D eigenvalue weighted by molar-refractivity contribution is -0.136. The highest BCUT2D eigenvalue weighted by molar-refractivity contribution is 5.90. The minimum Gasteiger partial charge on any atom is -0.344 e.